The maximum Gasteiger partial charge on any atom is 0.0730 e. The highest BCUT2D eigenvalue weighted by molar-refractivity contribution is 5.33. The van der Waals surface area contributed by atoms with E-state index >= 15 is 0 Å². The maximum absolute atomic E-state index is 9.67. The van der Waals surface area contributed by atoms with E-state index < -0.39 is 6.10 Å². The lowest BCUT2D eigenvalue weighted by Gasteiger charge is -2.20. The first-order chi connectivity index (χ1) is 6.56. The second-order valence-electron chi connectivity index (χ2n) is 3.86. The number of rotatable bonds is 3. The molecular weight excluding hydrogens is 174 g/mol. The normalized spacial score (nSPS) is 15.2. The molecule has 0 saturated carbocycles. The molecule has 1 rings (SSSR count). The van der Waals surface area contributed by atoms with Crippen LogP contribution in [0.2, 0.25) is 0 Å². The zero-order valence-electron chi connectivity index (χ0n) is 9.12. The Bertz CT molecular complexity index is 309. The van der Waals surface area contributed by atoms with Crippen LogP contribution in [-0.2, 0) is 0 Å². The van der Waals surface area contributed by atoms with Gasteiger partial charge in [0.1, 0.15) is 0 Å². The minimum absolute atomic E-state index is 0.264. The molecule has 0 amide bonds. The van der Waals surface area contributed by atoms with E-state index in [0.717, 1.165) is 11.1 Å². The van der Waals surface area contributed by atoms with Gasteiger partial charge in [-0.05, 0) is 31.4 Å². The molecule has 14 heavy (non-hydrogen) atoms. The van der Waals surface area contributed by atoms with E-state index in [4.69, 9.17) is 5.73 Å². The van der Waals surface area contributed by atoms with Crippen LogP contribution in [0, 0.1) is 13.8 Å². The largest absolute Gasteiger partial charge is 0.391 e. The number of hydrogen-bond donors (Lipinski definition) is 2. The van der Waals surface area contributed by atoms with Crippen molar-refractivity contribution in [2.75, 3.05) is 0 Å². The van der Waals surface area contributed by atoms with Crippen LogP contribution in [0.3, 0.4) is 0 Å². The average Bonchev–Trinajstić information content (AvgIpc) is 2.19. The molecule has 2 atom stereocenters. The second-order valence-corrected chi connectivity index (χ2v) is 3.86. The van der Waals surface area contributed by atoms with Crippen molar-refractivity contribution in [3.8, 4) is 0 Å². The summed E-state index contributed by atoms with van der Waals surface area (Å²) in [5, 5.41) is 9.67. The van der Waals surface area contributed by atoms with E-state index in [9.17, 15) is 5.11 Å². The highest BCUT2D eigenvalue weighted by Crippen LogP contribution is 2.21. The number of hydrogen-bond acceptors (Lipinski definition) is 2. The van der Waals surface area contributed by atoms with Gasteiger partial charge < -0.3 is 10.8 Å². The molecule has 1 aromatic carbocycles. The molecule has 0 fully saturated rings. The fraction of sp³-hybridized carbons (Fsp3) is 0.500. The monoisotopic (exact) mass is 193 g/mol. The third kappa shape index (κ3) is 2.34. The van der Waals surface area contributed by atoms with E-state index in [1.54, 1.807) is 0 Å². The Kier molecular flexibility index (Phi) is 3.67. The number of benzene rings is 1. The number of nitrogens with two attached hydrogens (primary N) is 1. The summed E-state index contributed by atoms with van der Waals surface area (Å²) in [6.45, 7) is 6.00. The predicted molar refractivity (Wildman–Crippen MR) is 59.1 cm³/mol. The first kappa shape index (κ1) is 11.2. The Morgan fingerprint density at radius 1 is 1.36 bits per heavy atom. The van der Waals surface area contributed by atoms with Gasteiger partial charge in [0.15, 0.2) is 0 Å². The first-order valence-electron chi connectivity index (χ1n) is 5.07. The van der Waals surface area contributed by atoms with Crippen LogP contribution in [0.25, 0.3) is 0 Å². The number of aryl methyl sites for hydroxylation is 2. The Labute approximate surface area is 85.8 Å². The molecule has 0 unspecified atom stereocenters. The average molecular weight is 193 g/mol. The van der Waals surface area contributed by atoms with Crippen LogP contribution in [-0.4, -0.2) is 11.2 Å². The maximum atomic E-state index is 9.67. The number of aliphatic hydroxyl groups excluding tert-OH is 1. The van der Waals surface area contributed by atoms with Crippen LogP contribution in [0.4, 0.5) is 0 Å². The Morgan fingerprint density at radius 2 is 2.00 bits per heavy atom. The fourth-order valence-electron chi connectivity index (χ4n) is 1.58. The van der Waals surface area contributed by atoms with Crippen LogP contribution >= 0.6 is 0 Å². The summed E-state index contributed by atoms with van der Waals surface area (Å²) >= 11 is 0. The molecule has 2 nitrogen and oxygen atoms in total. The summed E-state index contributed by atoms with van der Waals surface area (Å²) in [5.41, 5.74) is 9.36. The molecule has 0 radical (unpaired) electrons. The predicted octanol–water partition coefficient (Wildman–Crippen LogP) is 2.07. The van der Waals surface area contributed by atoms with Gasteiger partial charge in [0.25, 0.3) is 0 Å². The molecule has 78 valence electrons. The van der Waals surface area contributed by atoms with E-state index in [0.29, 0.717) is 6.42 Å². The molecule has 0 spiro atoms. The van der Waals surface area contributed by atoms with Gasteiger partial charge in [-0.1, -0.05) is 30.7 Å². The Morgan fingerprint density at radius 3 is 2.57 bits per heavy atom. The van der Waals surface area contributed by atoms with Gasteiger partial charge in [-0.2, -0.15) is 0 Å². The standard InChI is InChI=1S/C12H19NO/c1-4-11(14)12(13)10-7-8(2)5-6-9(10)3/h5-7,11-12,14H,4,13H2,1-3H3/t11-,12+/m1/s1. The van der Waals surface area contributed by atoms with Gasteiger partial charge in [0, 0.05) is 0 Å². The van der Waals surface area contributed by atoms with Crippen molar-refractivity contribution in [2.24, 2.45) is 5.73 Å². The molecule has 0 aliphatic carbocycles. The molecule has 1 aromatic rings. The summed E-state index contributed by atoms with van der Waals surface area (Å²) in [5.74, 6) is 0. The molecule has 0 aliphatic rings. The topological polar surface area (TPSA) is 46.2 Å². The summed E-state index contributed by atoms with van der Waals surface area (Å²) in [4.78, 5) is 0. The fourth-order valence-corrected chi connectivity index (χ4v) is 1.58. The Hall–Kier alpha value is -0.860. The van der Waals surface area contributed by atoms with Gasteiger partial charge in [-0.15, -0.1) is 0 Å². The van der Waals surface area contributed by atoms with Crippen LogP contribution in [0.1, 0.15) is 36.1 Å². The Balaban J connectivity index is 2.99. The van der Waals surface area contributed by atoms with Crippen molar-refractivity contribution >= 4 is 0 Å². The van der Waals surface area contributed by atoms with Crippen molar-refractivity contribution in [3.63, 3.8) is 0 Å². The van der Waals surface area contributed by atoms with Crippen LogP contribution < -0.4 is 5.73 Å². The summed E-state index contributed by atoms with van der Waals surface area (Å²) < 4.78 is 0. The third-order valence-electron chi connectivity index (χ3n) is 2.63. The van der Waals surface area contributed by atoms with Crippen molar-refractivity contribution in [1.82, 2.24) is 0 Å². The second kappa shape index (κ2) is 4.58. The van der Waals surface area contributed by atoms with Gasteiger partial charge in [0.2, 0.25) is 0 Å². The van der Waals surface area contributed by atoms with Gasteiger partial charge in [0.05, 0.1) is 12.1 Å². The van der Waals surface area contributed by atoms with E-state index in [1.807, 2.05) is 26.8 Å². The molecule has 0 heterocycles. The van der Waals surface area contributed by atoms with Crippen molar-refractivity contribution in [1.29, 1.82) is 0 Å². The molecule has 0 bridgehead atoms. The SMILES string of the molecule is CC[C@@H](O)[C@@H](N)c1cc(C)ccc1C. The molecule has 2 heteroatoms. The van der Waals surface area contributed by atoms with E-state index in [1.165, 1.54) is 5.56 Å². The first-order valence-corrected chi connectivity index (χ1v) is 5.07. The van der Waals surface area contributed by atoms with Crippen molar-refractivity contribution in [2.45, 2.75) is 39.3 Å². The van der Waals surface area contributed by atoms with Crippen molar-refractivity contribution in [3.05, 3.63) is 34.9 Å². The minimum atomic E-state index is -0.449. The summed E-state index contributed by atoms with van der Waals surface area (Å²) in [6, 6.07) is 5.90. The molecular formula is C12H19NO. The zero-order chi connectivity index (χ0) is 10.7. The van der Waals surface area contributed by atoms with Gasteiger partial charge >= 0.3 is 0 Å². The lowest BCUT2D eigenvalue weighted by molar-refractivity contribution is 0.140. The molecule has 0 aliphatic heterocycles. The quantitative estimate of drug-likeness (QED) is 0.772. The third-order valence-corrected chi connectivity index (χ3v) is 2.63. The van der Waals surface area contributed by atoms with Crippen LogP contribution in [0.15, 0.2) is 18.2 Å². The van der Waals surface area contributed by atoms with Crippen LogP contribution in [0.5, 0.6) is 0 Å². The highest BCUT2D eigenvalue weighted by Gasteiger charge is 2.16. The van der Waals surface area contributed by atoms with Crippen molar-refractivity contribution < 1.29 is 5.11 Å². The van der Waals surface area contributed by atoms with E-state index in [-0.39, 0.29) is 6.04 Å². The highest BCUT2D eigenvalue weighted by atomic mass is 16.3. The molecule has 0 aromatic heterocycles. The summed E-state index contributed by atoms with van der Waals surface area (Å²) in [7, 11) is 0. The molecule has 0 saturated heterocycles. The van der Waals surface area contributed by atoms with Gasteiger partial charge in [-0.25, -0.2) is 0 Å². The lowest BCUT2D eigenvalue weighted by Crippen LogP contribution is -2.26. The smallest absolute Gasteiger partial charge is 0.0730 e. The lowest BCUT2D eigenvalue weighted by atomic mass is 9.95. The van der Waals surface area contributed by atoms with E-state index in [2.05, 4.69) is 12.1 Å². The molecule has 3 N–H and O–H groups in total. The number of aliphatic hydroxyl groups is 1. The summed E-state index contributed by atoms with van der Waals surface area (Å²) in [6.07, 6.45) is 0.240. The van der Waals surface area contributed by atoms with Gasteiger partial charge in [-0.3, -0.25) is 0 Å². The zero-order valence-corrected chi connectivity index (χ0v) is 9.12. The minimum Gasteiger partial charge on any atom is -0.391 e.